The van der Waals surface area contributed by atoms with Crippen molar-refractivity contribution in [1.29, 1.82) is 0 Å². The number of β-amino-alcohol motifs (C(OH)–C–C–N with tert-alkyl or cyclic N) is 1. The number of phosphoric acid groups is 2. The molecule has 0 aromatic carbocycles. The summed E-state index contributed by atoms with van der Waals surface area (Å²) in [6.45, 7) is 1.31. The molecule has 82 heavy (non-hydrogen) atoms. The van der Waals surface area contributed by atoms with E-state index < -0.39 is 188 Å². The van der Waals surface area contributed by atoms with E-state index in [1.165, 1.54) is 21.8 Å². The van der Waals surface area contributed by atoms with Crippen LogP contribution in [-0.2, 0) is 74.8 Å². The molecule has 6 fully saturated rings. The number of likely N-dealkylation sites (tertiary alicyclic amines) is 3. The predicted octanol–water partition coefficient (Wildman–Crippen LogP) is -3.58. The molecule has 3 amide bonds. The van der Waals surface area contributed by atoms with E-state index in [0.717, 1.165) is 0 Å². The number of hydrogen-bond donors (Lipinski definition) is 12. The number of nitrogens with zero attached hydrogens (tertiary/aromatic N) is 3. The van der Waals surface area contributed by atoms with Crippen LogP contribution in [-0.4, -0.2) is 290 Å². The number of carbonyl (C=O) groups excluding carboxylic acids is 3. The van der Waals surface area contributed by atoms with Gasteiger partial charge in [0.1, 0.15) is 36.6 Å². The molecule has 0 radical (unpaired) electrons. The van der Waals surface area contributed by atoms with Gasteiger partial charge in [-0.1, -0.05) is 20.8 Å². The van der Waals surface area contributed by atoms with Crippen LogP contribution in [0.2, 0.25) is 0 Å². The average Bonchev–Trinajstić information content (AvgIpc) is 4.26. The second-order valence-corrected chi connectivity index (χ2v) is 24.8. The summed E-state index contributed by atoms with van der Waals surface area (Å²) < 4.78 is 88.4. The van der Waals surface area contributed by atoms with Crippen LogP contribution in [0.1, 0.15) is 78.6 Å². The minimum Gasteiger partial charge on any atom is -0.394 e. The van der Waals surface area contributed by atoms with Gasteiger partial charge in [0, 0.05) is 63.8 Å². The van der Waals surface area contributed by atoms with E-state index in [1.54, 1.807) is 20.8 Å². The van der Waals surface area contributed by atoms with Gasteiger partial charge in [-0.25, -0.2) is 9.13 Å². The SMILES string of the molecule is COC[C@@H]1C[C@@H](OP(=O)(O)OC[C@@H]2C[C@@H](OP(=O)(O)OC[C@@H]3C[C@@H](O)CN3C(=O)CCCO[C@@H]3OC(CO)[C@H](O)C(O)[C@@H]3C)CN2C(=O)CCCO[C@@H]2OC(CO)[C@H](O)C(O)[C@@H]2C)CN1C(=O)CCCO[C@@H]1OC(CO)[C@H](O)C(O)[C@@H]1C. The maximum Gasteiger partial charge on any atom is 0.472 e. The van der Waals surface area contributed by atoms with Crippen LogP contribution in [0.15, 0.2) is 0 Å². The first-order chi connectivity index (χ1) is 38.8. The Morgan fingerprint density at radius 2 is 0.805 bits per heavy atom. The summed E-state index contributed by atoms with van der Waals surface area (Å²) >= 11 is 0. The number of phosphoric ester groups is 2. The predicted molar refractivity (Wildman–Crippen MR) is 276 cm³/mol. The Labute approximate surface area is 475 Å². The molecule has 0 saturated carbocycles. The molecule has 8 unspecified atom stereocenters. The molecule has 6 heterocycles. The Kier molecular flexibility index (Phi) is 26.7. The Hall–Kier alpha value is -2.05. The molecule has 12 N–H and O–H groups in total. The Bertz CT molecular complexity index is 2110. The minimum atomic E-state index is -5.00. The van der Waals surface area contributed by atoms with Gasteiger partial charge in [-0.2, -0.15) is 0 Å². The summed E-state index contributed by atoms with van der Waals surface area (Å²) in [5, 5.41) is 101. The number of methoxy groups -OCH3 is 1. The molecule has 0 aliphatic carbocycles. The molecule has 23 atom stereocenters. The van der Waals surface area contributed by atoms with E-state index in [-0.39, 0.29) is 110 Å². The summed E-state index contributed by atoms with van der Waals surface area (Å²) in [6, 6.07) is -2.48. The van der Waals surface area contributed by atoms with Crippen LogP contribution in [0, 0.1) is 17.8 Å². The maximum atomic E-state index is 13.9. The fourth-order valence-corrected chi connectivity index (χ4v) is 13.0. The first-order valence-electron chi connectivity index (χ1n) is 27.9. The number of hydrogen-bond acceptors (Lipinski definition) is 26. The number of rotatable bonds is 30. The molecular weight excluding hydrogens is 1140 g/mol. The number of ether oxygens (including phenoxy) is 7. The van der Waals surface area contributed by atoms with Crippen molar-refractivity contribution in [2.75, 3.05) is 86.2 Å². The van der Waals surface area contributed by atoms with E-state index in [0.29, 0.717) is 0 Å². The minimum absolute atomic E-state index is 0.00525. The van der Waals surface area contributed by atoms with Crippen LogP contribution in [0.25, 0.3) is 0 Å². The van der Waals surface area contributed by atoms with Crippen molar-refractivity contribution in [3.63, 3.8) is 0 Å². The molecule has 0 aromatic heterocycles. The number of aliphatic hydroxyl groups excluding tert-OH is 10. The Morgan fingerprint density at radius 1 is 0.488 bits per heavy atom. The van der Waals surface area contributed by atoms with Crippen LogP contribution in [0.4, 0.5) is 0 Å². The molecule has 6 rings (SSSR count). The quantitative estimate of drug-likeness (QED) is 0.0244. The highest BCUT2D eigenvalue weighted by Crippen LogP contribution is 2.50. The molecular formula is C49H87N3O28P2. The highest BCUT2D eigenvalue weighted by Gasteiger charge is 2.47. The summed E-state index contributed by atoms with van der Waals surface area (Å²) in [4.78, 5) is 66.7. The molecule has 0 aromatic rings. The molecule has 31 nitrogen and oxygen atoms in total. The summed E-state index contributed by atoms with van der Waals surface area (Å²) in [5.41, 5.74) is 0. The molecule has 0 spiro atoms. The van der Waals surface area contributed by atoms with Crippen LogP contribution < -0.4 is 0 Å². The van der Waals surface area contributed by atoms with E-state index >= 15 is 0 Å². The van der Waals surface area contributed by atoms with Crippen molar-refractivity contribution in [2.45, 2.75) is 189 Å². The first kappa shape index (κ1) is 69.1. The van der Waals surface area contributed by atoms with Crippen molar-refractivity contribution < 1.29 is 136 Å². The van der Waals surface area contributed by atoms with E-state index in [4.69, 9.17) is 51.3 Å². The second kappa shape index (κ2) is 31.7. The fourth-order valence-electron chi connectivity index (χ4n) is 11.1. The van der Waals surface area contributed by atoms with Gasteiger partial charge in [0.15, 0.2) is 18.9 Å². The van der Waals surface area contributed by atoms with Crippen molar-refractivity contribution >= 4 is 33.4 Å². The van der Waals surface area contributed by atoms with Gasteiger partial charge in [-0.3, -0.25) is 32.5 Å². The van der Waals surface area contributed by atoms with E-state index in [9.17, 15) is 84.4 Å². The van der Waals surface area contributed by atoms with Crippen molar-refractivity contribution in [2.24, 2.45) is 17.8 Å². The lowest BCUT2D eigenvalue weighted by molar-refractivity contribution is -0.282. The zero-order valence-electron chi connectivity index (χ0n) is 46.6. The largest absolute Gasteiger partial charge is 0.472 e. The Morgan fingerprint density at radius 3 is 1.13 bits per heavy atom. The van der Waals surface area contributed by atoms with Gasteiger partial charge in [-0.05, 0) is 38.5 Å². The monoisotopic (exact) mass is 1230 g/mol. The summed E-state index contributed by atoms with van der Waals surface area (Å²) in [6.07, 6.45) is -17.1. The third-order valence-electron chi connectivity index (χ3n) is 15.9. The number of amides is 3. The third-order valence-corrected chi connectivity index (χ3v) is 18.0. The number of aliphatic hydroxyl groups is 10. The maximum absolute atomic E-state index is 13.9. The standard InChI is InChI=1S/C49H87N3O28P2/c1-26-41(60)44(63)35(20-53)76-47(26)71-11-5-8-38(57)50-17-32(56)14-29(50)24-74-81(66,67)80-34-16-31(52(19-34)40(59)10-7-13-73-49-28(3)43(62)46(65)37(22-55)78-49)25-75-82(68,69)79-33-15-30(23-70-4)51(18-33)39(58)9-6-12-72-48-27(2)42(61)45(64)36(21-54)77-48/h26-37,41-49,53-56,60-65H,5-25H2,1-4H3,(H,66,67)(H,68,69)/t26-,27-,28-,29-,30-,31-,32+,33+,34+,35?,36?,37?,41?,42?,43?,44-,45-,46-,47+,48+,49+/m0/s1. The van der Waals surface area contributed by atoms with Gasteiger partial charge in [0.05, 0.1) is 114 Å². The lowest BCUT2D eigenvalue weighted by atomic mass is 9.92. The van der Waals surface area contributed by atoms with Crippen molar-refractivity contribution in [3.05, 3.63) is 0 Å². The van der Waals surface area contributed by atoms with Crippen LogP contribution in [0.5, 0.6) is 0 Å². The van der Waals surface area contributed by atoms with Gasteiger partial charge in [-0.15, -0.1) is 0 Å². The van der Waals surface area contributed by atoms with Crippen LogP contribution in [0.3, 0.4) is 0 Å². The number of carbonyl (C=O) groups is 3. The zero-order chi connectivity index (χ0) is 60.2. The van der Waals surface area contributed by atoms with E-state index in [2.05, 4.69) is 0 Å². The van der Waals surface area contributed by atoms with E-state index in [1.807, 2.05) is 0 Å². The smallest absolute Gasteiger partial charge is 0.394 e. The fraction of sp³-hybridized carbons (Fsp3) is 0.939. The summed E-state index contributed by atoms with van der Waals surface area (Å²) in [7, 11) is -8.55. The van der Waals surface area contributed by atoms with Crippen molar-refractivity contribution in [1.82, 2.24) is 14.7 Å². The molecule has 476 valence electrons. The Balaban J connectivity index is 1.02. The molecule has 0 bridgehead atoms. The molecule has 6 saturated heterocycles. The lowest BCUT2D eigenvalue weighted by Crippen LogP contribution is -2.55. The van der Waals surface area contributed by atoms with Gasteiger partial charge < -0.3 is 109 Å². The zero-order valence-corrected chi connectivity index (χ0v) is 48.4. The van der Waals surface area contributed by atoms with Gasteiger partial charge in [0.2, 0.25) is 17.7 Å². The summed E-state index contributed by atoms with van der Waals surface area (Å²) in [5.74, 6) is -3.33. The molecule has 6 aliphatic rings. The first-order valence-corrected chi connectivity index (χ1v) is 30.9. The van der Waals surface area contributed by atoms with Gasteiger partial charge in [0.25, 0.3) is 0 Å². The third kappa shape index (κ3) is 18.5. The highest BCUT2D eigenvalue weighted by molar-refractivity contribution is 7.47. The average molecular weight is 1230 g/mol. The van der Waals surface area contributed by atoms with Crippen molar-refractivity contribution in [3.8, 4) is 0 Å². The molecule has 6 aliphatic heterocycles. The molecule has 33 heteroatoms. The van der Waals surface area contributed by atoms with Gasteiger partial charge >= 0.3 is 15.6 Å². The second-order valence-electron chi connectivity index (χ2n) is 22.0. The topological polar surface area (TPSA) is 439 Å². The normalized spacial score (nSPS) is 38.7. The highest BCUT2D eigenvalue weighted by atomic mass is 31.2. The van der Waals surface area contributed by atoms with Crippen LogP contribution >= 0.6 is 15.6 Å². The lowest BCUT2D eigenvalue weighted by Gasteiger charge is -2.40.